The molecule has 2 rings (SSSR count). The Bertz CT molecular complexity index is 705. The molecular weight excluding hydrogens is 308 g/mol. The van der Waals surface area contributed by atoms with Gasteiger partial charge in [0, 0.05) is 36.7 Å². The molecule has 7 heteroatoms. The van der Waals surface area contributed by atoms with Crippen LogP contribution < -0.4 is 5.32 Å². The van der Waals surface area contributed by atoms with Crippen molar-refractivity contribution in [1.82, 2.24) is 10.3 Å². The summed E-state index contributed by atoms with van der Waals surface area (Å²) in [6.07, 6.45) is 1.73. The lowest BCUT2D eigenvalue weighted by Crippen LogP contribution is -2.41. The molecule has 0 aliphatic heterocycles. The summed E-state index contributed by atoms with van der Waals surface area (Å²) in [5, 5.41) is 12.7. The van der Waals surface area contributed by atoms with Gasteiger partial charge in [0.05, 0.1) is 11.1 Å². The first-order valence-electron chi connectivity index (χ1n) is 6.60. The second-order valence-corrected chi connectivity index (χ2v) is 5.11. The normalized spacial score (nSPS) is 12.1. The molecule has 22 heavy (non-hydrogen) atoms. The summed E-state index contributed by atoms with van der Waals surface area (Å²) in [7, 11) is 1.47. The number of carbonyl (C=O) groups is 2. The van der Waals surface area contributed by atoms with Crippen molar-refractivity contribution < 1.29 is 19.4 Å². The summed E-state index contributed by atoms with van der Waals surface area (Å²) in [6.45, 7) is 0.228. The minimum Gasteiger partial charge on any atom is -0.480 e. The van der Waals surface area contributed by atoms with Gasteiger partial charge < -0.3 is 15.2 Å². The number of amides is 1. The van der Waals surface area contributed by atoms with Gasteiger partial charge in [0.2, 0.25) is 0 Å². The molecule has 6 nitrogen and oxygen atoms in total. The van der Waals surface area contributed by atoms with Crippen LogP contribution in [0.3, 0.4) is 0 Å². The van der Waals surface area contributed by atoms with E-state index in [2.05, 4.69) is 10.3 Å². The Morgan fingerprint density at radius 1 is 1.45 bits per heavy atom. The third-order valence-electron chi connectivity index (χ3n) is 3.13. The molecule has 0 aliphatic carbocycles. The fraction of sp³-hybridized carbons (Fsp3) is 0.267. The van der Waals surface area contributed by atoms with Crippen LogP contribution in [0, 0.1) is 0 Å². The number of nitrogens with one attached hydrogen (secondary N) is 1. The van der Waals surface area contributed by atoms with Crippen LogP contribution in [0.25, 0.3) is 10.9 Å². The Balaban J connectivity index is 2.30. The van der Waals surface area contributed by atoms with Crippen molar-refractivity contribution in [3.8, 4) is 0 Å². The van der Waals surface area contributed by atoms with Crippen molar-refractivity contribution in [1.29, 1.82) is 0 Å². The number of benzene rings is 1. The Morgan fingerprint density at radius 3 is 2.91 bits per heavy atom. The molecule has 1 atom stereocenters. The number of carboxylic acids is 1. The predicted octanol–water partition coefficient (Wildman–Crippen LogP) is 2.11. The molecule has 2 aromatic rings. The molecule has 0 fully saturated rings. The number of ether oxygens (including phenoxy) is 1. The topological polar surface area (TPSA) is 88.5 Å². The van der Waals surface area contributed by atoms with E-state index in [0.29, 0.717) is 15.9 Å². The lowest BCUT2D eigenvalue weighted by molar-refractivity contribution is -0.139. The molecule has 0 saturated carbocycles. The van der Waals surface area contributed by atoms with Crippen molar-refractivity contribution >= 4 is 34.4 Å². The smallest absolute Gasteiger partial charge is 0.326 e. The van der Waals surface area contributed by atoms with Crippen LogP contribution in [-0.4, -0.2) is 41.7 Å². The Kier molecular flexibility index (Phi) is 5.30. The van der Waals surface area contributed by atoms with Gasteiger partial charge in [-0.05, 0) is 18.2 Å². The summed E-state index contributed by atoms with van der Waals surface area (Å²) in [4.78, 5) is 27.7. The molecule has 1 unspecified atom stereocenters. The fourth-order valence-corrected chi connectivity index (χ4v) is 2.28. The fourth-order valence-electron chi connectivity index (χ4n) is 2.06. The van der Waals surface area contributed by atoms with Gasteiger partial charge in [-0.25, -0.2) is 4.79 Å². The van der Waals surface area contributed by atoms with Crippen LogP contribution in [0.15, 0.2) is 30.5 Å². The Morgan fingerprint density at radius 2 is 2.23 bits per heavy atom. The zero-order valence-corrected chi connectivity index (χ0v) is 12.6. The Labute approximate surface area is 132 Å². The number of halogens is 1. The van der Waals surface area contributed by atoms with E-state index >= 15 is 0 Å². The minimum absolute atomic E-state index is 0.170. The van der Waals surface area contributed by atoms with E-state index in [-0.39, 0.29) is 18.6 Å². The number of carboxylic acid groups (broad SMARTS) is 1. The lowest BCUT2D eigenvalue weighted by atomic mass is 10.1. The summed E-state index contributed by atoms with van der Waals surface area (Å²) in [6, 6.07) is 5.65. The minimum atomic E-state index is -1.12. The van der Waals surface area contributed by atoms with E-state index in [1.54, 1.807) is 24.4 Å². The van der Waals surface area contributed by atoms with Crippen LogP contribution in [0.2, 0.25) is 5.02 Å². The van der Waals surface area contributed by atoms with Crippen molar-refractivity contribution in [2.24, 2.45) is 0 Å². The zero-order valence-electron chi connectivity index (χ0n) is 11.9. The monoisotopic (exact) mass is 322 g/mol. The number of pyridine rings is 1. The molecule has 1 aromatic heterocycles. The summed E-state index contributed by atoms with van der Waals surface area (Å²) >= 11 is 6.01. The van der Waals surface area contributed by atoms with E-state index in [4.69, 9.17) is 21.4 Å². The number of fused-ring (bicyclic) bond motifs is 1. The lowest BCUT2D eigenvalue weighted by Gasteiger charge is -2.15. The van der Waals surface area contributed by atoms with E-state index in [1.165, 1.54) is 13.2 Å². The molecule has 1 heterocycles. The first kappa shape index (κ1) is 16.2. The maximum Gasteiger partial charge on any atom is 0.326 e. The largest absolute Gasteiger partial charge is 0.480 e. The summed E-state index contributed by atoms with van der Waals surface area (Å²) in [5.74, 6) is -1.65. The maximum atomic E-state index is 12.4. The van der Waals surface area contributed by atoms with Crippen molar-refractivity contribution in [2.75, 3.05) is 13.7 Å². The molecule has 0 bridgehead atoms. The number of carbonyl (C=O) groups excluding carboxylic acids is 1. The standard InChI is InChI=1S/C15H15ClN2O4/c1-22-6-4-12(15(20)21)18-14(19)11-8-10(16)7-9-3-2-5-17-13(9)11/h2-3,5,7-8,12H,4,6H2,1H3,(H,18,19)(H,20,21). The molecule has 0 aliphatic rings. The predicted molar refractivity (Wildman–Crippen MR) is 82.1 cm³/mol. The average molecular weight is 323 g/mol. The molecule has 1 amide bonds. The highest BCUT2D eigenvalue weighted by Gasteiger charge is 2.22. The number of aliphatic carboxylic acids is 1. The van der Waals surface area contributed by atoms with Crippen LogP contribution in [0.5, 0.6) is 0 Å². The van der Waals surface area contributed by atoms with Gasteiger partial charge in [-0.15, -0.1) is 0 Å². The van der Waals surface area contributed by atoms with Crippen molar-refractivity contribution in [3.05, 3.63) is 41.0 Å². The third-order valence-corrected chi connectivity index (χ3v) is 3.35. The number of hydrogen-bond acceptors (Lipinski definition) is 4. The number of aromatic nitrogens is 1. The van der Waals surface area contributed by atoms with Gasteiger partial charge in [-0.3, -0.25) is 9.78 Å². The van der Waals surface area contributed by atoms with E-state index < -0.39 is 17.9 Å². The second kappa shape index (κ2) is 7.20. The van der Waals surface area contributed by atoms with E-state index in [9.17, 15) is 9.59 Å². The molecule has 0 spiro atoms. The highest BCUT2D eigenvalue weighted by molar-refractivity contribution is 6.32. The first-order chi connectivity index (χ1) is 10.5. The summed E-state index contributed by atoms with van der Waals surface area (Å²) < 4.78 is 4.85. The van der Waals surface area contributed by atoms with Gasteiger partial charge in [-0.2, -0.15) is 0 Å². The van der Waals surface area contributed by atoms with Crippen molar-refractivity contribution in [3.63, 3.8) is 0 Å². The Hall–Kier alpha value is -2.18. The van der Waals surface area contributed by atoms with Crippen LogP contribution in [-0.2, 0) is 9.53 Å². The highest BCUT2D eigenvalue weighted by atomic mass is 35.5. The number of hydrogen-bond donors (Lipinski definition) is 2. The molecular formula is C15H15ClN2O4. The quantitative estimate of drug-likeness (QED) is 0.850. The van der Waals surface area contributed by atoms with Crippen LogP contribution in [0.1, 0.15) is 16.8 Å². The molecule has 2 N–H and O–H groups in total. The van der Waals surface area contributed by atoms with Gasteiger partial charge >= 0.3 is 5.97 Å². The molecule has 0 radical (unpaired) electrons. The second-order valence-electron chi connectivity index (χ2n) is 4.67. The SMILES string of the molecule is COCCC(NC(=O)c1cc(Cl)cc2cccnc12)C(=O)O. The van der Waals surface area contributed by atoms with Gasteiger partial charge in [0.1, 0.15) is 6.04 Å². The van der Waals surface area contributed by atoms with E-state index in [0.717, 1.165) is 0 Å². The highest BCUT2D eigenvalue weighted by Crippen LogP contribution is 2.22. The van der Waals surface area contributed by atoms with Crippen LogP contribution >= 0.6 is 11.6 Å². The molecule has 1 aromatic carbocycles. The molecule has 116 valence electrons. The number of nitrogens with zero attached hydrogens (tertiary/aromatic N) is 1. The molecule has 0 saturated heterocycles. The van der Waals surface area contributed by atoms with Gasteiger partial charge in [-0.1, -0.05) is 17.7 Å². The maximum absolute atomic E-state index is 12.4. The first-order valence-corrected chi connectivity index (χ1v) is 6.97. The van der Waals surface area contributed by atoms with Crippen molar-refractivity contribution in [2.45, 2.75) is 12.5 Å². The third kappa shape index (κ3) is 3.72. The number of methoxy groups -OCH3 is 1. The van der Waals surface area contributed by atoms with Gasteiger partial charge in [0.25, 0.3) is 5.91 Å². The average Bonchev–Trinajstić information content (AvgIpc) is 2.49. The van der Waals surface area contributed by atoms with Crippen LogP contribution in [0.4, 0.5) is 0 Å². The van der Waals surface area contributed by atoms with E-state index in [1.807, 2.05) is 0 Å². The number of rotatable bonds is 6. The van der Waals surface area contributed by atoms with Gasteiger partial charge in [0.15, 0.2) is 0 Å². The zero-order chi connectivity index (χ0) is 16.1. The summed E-state index contributed by atoms with van der Waals surface area (Å²) in [5.41, 5.74) is 0.715.